The third-order valence-electron chi connectivity index (χ3n) is 7.96. The summed E-state index contributed by atoms with van der Waals surface area (Å²) in [5, 5.41) is 2.80. The number of hydrogen-bond acceptors (Lipinski definition) is 4. The van der Waals surface area contributed by atoms with E-state index in [0.717, 1.165) is 40.6 Å². The van der Waals surface area contributed by atoms with Crippen LogP contribution in [0.3, 0.4) is 0 Å². The van der Waals surface area contributed by atoms with Crippen molar-refractivity contribution in [3.8, 4) is 0 Å². The molecule has 0 unspecified atom stereocenters. The first-order valence-electron chi connectivity index (χ1n) is 11.4. The summed E-state index contributed by atoms with van der Waals surface area (Å²) in [6, 6.07) is 6.01. The van der Waals surface area contributed by atoms with Crippen molar-refractivity contribution in [1.29, 1.82) is 0 Å². The molecule has 3 fully saturated rings. The molecule has 0 aliphatic carbocycles. The van der Waals surface area contributed by atoms with Gasteiger partial charge in [0.1, 0.15) is 5.54 Å². The molecule has 1 spiro atoms. The monoisotopic (exact) mass is 503 g/mol. The Kier molecular flexibility index (Phi) is 4.56. The second-order valence-electron chi connectivity index (χ2n) is 9.81. The number of anilines is 2. The number of alkyl halides is 3. The molecule has 4 aliphatic heterocycles. The van der Waals surface area contributed by atoms with Crippen LogP contribution >= 0.6 is 11.6 Å². The first kappa shape index (κ1) is 22.5. The molecule has 2 aromatic carbocycles. The van der Waals surface area contributed by atoms with Gasteiger partial charge in [0.15, 0.2) is 0 Å². The molecule has 0 radical (unpaired) electrons. The number of halogens is 4. The summed E-state index contributed by atoms with van der Waals surface area (Å²) in [5.74, 6) is -3.60. The van der Waals surface area contributed by atoms with Gasteiger partial charge in [-0.2, -0.15) is 13.2 Å². The number of fused-ring (bicyclic) bond motifs is 7. The van der Waals surface area contributed by atoms with E-state index >= 15 is 0 Å². The number of nitrogens with one attached hydrogen (secondary N) is 1. The minimum atomic E-state index is -4.68. The smallest absolute Gasteiger partial charge is 0.324 e. The van der Waals surface area contributed by atoms with Crippen molar-refractivity contribution in [2.75, 3.05) is 16.8 Å². The zero-order valence-corrected chi connectivity index (χ0v) is 19.6. The van der Waals surface area contributed by atoms with Crippen molar-refractivity contribution in [2.45, 2.75) is 44.4 Å². The van der Waals surface area contributed by atoms with Crippen molar-refractivity contribution in [2.24, 2.45) is 11.8 Å². The van der Waals surface area contributed by atoms with Crippen LogP contribution < -0.4 is 10.2 Å². The molecule has 4 atom stereocenters. The SMILES string of the molecule is Cc1cc(C)c2c(c1)[C@]1(C(=O)N2)[C@@H]2C(=O)N(c3cc(C(F)(F)F)ccc3Cl)C(=O)[C@@H]2[C@@H]2CCCN21. The third kappa shape index (κ3) is 2.73. The van der Waals surface area contributed by atoms with Gasteiger partial charge >= 0.3 is 6.18 Å². The minimum absolute atomic E-state index is 0.139. The number of imide groups is 1. The molecule has 3 saturated heterocycles. The normalized spacial score (nSPS) is 29.7. The number of aryl methyl sites for hydroxylation is 2. The Labute approximate surface area is 204 Å². The van der Waals surface area contributed by atoms with Crippen LogP contribution in [0.5, 0.6) is 0 Å². The Hall–Kier alpha value is -2.91. The number of amides is 3. The average molecular weight is 504 g/mol. The summed E-state index contributed by atoms with van der Waals surface area (Å²) >= 11 is 6.22. The van der Waals surface area contributed by atoms with Gasteiger partial charge in [0.05, 0.1) is 28.1 Å². The van der Waals surface area contributed by atoms with E-state index in [-0.39, 0.29) is 22.7 Å². The van der Waals surface area contributed by atoms with E-state index in [1.54, 1.807) is 0 Å². The molecule has 10 heteroatoms. The summed E-state index contributed by atoms with van der Waals surface area (Å²) in [6.45, 7) is 4.31. The largest absolute Gasteiger partial charge is 0.416 e. The van der Waals surface area contributed by atoms with Gasteiger partial charge < -0.3 is 5.32 Å². The van der Waals surface area contributed by atoms with Gasteiger partial charge in [-0.3, -0.25) is 19.3 Å². The molecule has 6 rings (SSSR count). The third-order valence-corrected chi connectivity index (χ3v) is 8.28. The number of carbonyl (C=O) groups is 3. The number of nitrogens with zero attached hydrogens (tertiary/aromatic N) is 2. The van der Waals surface area contributed by atoms with Gasteiger partial charge in [-0.1, -0.05) is 29.3 Å². The van der Waals surface area contributed by atoms with E-state index in [9.17, 15) is 27.6 Å². The fourth-order valence-electron chi connectivity index (χ4n) is 6.76. The standard InChI is InChI=1S/C25H21ClF3N3O3/c1-11-8-12(2)20-14(9-11)24(23(35)30-20)19-18(16-4-3-7-31(16)24)21(33)32(22(19)34)17-10-13(25(27,28)29)5-6-15(17)26/h5-6,8-10,16,18-19H,3-4,7H2,1-2H3,(H,30,35)/t16-,18+,19-,24+/m0/s1. The highest BCUT2D eigenvalue weighted by Crippen LogP contribution is 2.61. The number of benzene rings is 2. The highest BCUT2D eigenvalue weighted by Gasteiger charge is 2.74. The second kappa shape index (κ2) is 7.07. The zero-order chi connectivity index (χ0) is 25.0. The topological polar surface area (TPSA) is 69.7 Å². The lowest BCUT2D eigenvalue weighted by Gasteiger charge is -2.37. The van der Waals surface area contributed by atoms with Gasteiger partial charge in [-0.15, -0.1) is 0 Å². The molecule has 182 valence electrons. The highest BCUT2D eigenvalue weighted by atomic mass is 35.5. The Bertz CT molecular complexity index is 1340. The van der Waals surface area contributed by atoms with Crippen molar-refractivity contribution in [1.82, 2.24) is 4.90 Å². The Morgan fingerprint density at radius 3 is 2.54 bits per heavy atom. The average Bonchev–Trinajstić information content (AvgIpc) is 3.47. The summed E-state index contributed by atoms with van der Waals surface area (Å²) in [6.07, 6.45) is -3.32. The van der Waals surface area contributed by atoms with E-state index in [2.05, 4.69) is 5.32 Å². The minimum Gasteiger partial charge on any atom is -0.324 e. The van der Waals surface area contributed by atoms with Crippen LogP contribution in [0, 0.1) is 25.7 Å². The molecule has 3 amide bonds. The Morgan fingerprint density at radius 1 is 1.09 bits per heavy atom. The van der Waals surface area contributed by atoms with E-state index in [0.29, 0.717) is 24.2 Å². The van der Waals surface area contributed by atoms with Crippen molar-refractivity contribution < 1.29 is 27.6 Å². The van der Waals surface area contributed by atoms with Gasteiger partial charge in [0.2, 0.25) is 17.7 Å². The first-order valence-corrected chi connectivity index (χ1v) is 11.8. The molecule has 2 aromatic rings. The Morgan fingerprint density at radius 2 is 1.83 bits per heavy atom. The Balaban J connectivity index is 1.56. The summed E-state index contributed by atoms with van der Waals surface area (Å²) in [7, 11) is 0. The molecular weight excluding hydrogens is 483 g/mol. The molecule has 4 aliphatic rings. The van der Waals surface area contributed by atoms with Crippen LogP contribution in [0.1, 0.15) is 35.1 Å². The van der Waals surface area contributed by atoms with Crippen LogP contribution in [0.25, 0.3) is 0 Å². The first-order chi connectivity index (χ1) is 16.5. The van der Waals surface area contributed by atoms with Gasteiger partial charge in [-0.25, -0.2) is 4.90 Å². The van der Waals surface area contributed by atoms with Crippen molar-refractivity contribution in [3.63, 3.8) is 0 Å². The van der Waals surface area contributed by atoms with Crippen molar-refractivity contribution >= 4 is 40.7 Å². The molecule has 35 heavy (non-hydrogen) atoms. The van der Waals surface area contributed by atoms with Crippen molar-refractivity contribution in [3.05, 3.63) is 57.6 Å². The van der Waals surface area contributed by atoms with Crippen LogP contribution in [-0.4, -0.2) is 35.2 Å². The van der Waals surface area contributed by atoms with Gasteiger partial charge in [0, 0.05) is 17.3 Å². The van der Waals surface area contributed by atoms with Gasteiger partial charge in [0.25, 0.3) is 0 Å². The van der Waals surface area contributed by atoms with E-state index in [1.807, 2.05) is 30.9 Å². The van der Waals surface area contributed by atoms with E-state index < -0.39 is 40.9 Å². The zero-order valence-electron chi connectivity index (χ0n) is 18.9. The quantitative estimate of drug-likeness (QED) is 0.585. The summed E-state index contributed by atoms with van der Waals surface area (Å²) < 4.78 is 40.3. The maximum absolute atomic E-state index is 14.0. The fraction of sp³-hybridized carbons (Fsp3) is 0.400. The number of rotatable bonds is 1. The van der Waals surface area contributed by atoms with Crippen LogP contribution in [0.4, 0.5) is 24.5 Å². The predicted molar refractivity (Wildman–Crippen MR) is 122 cm³/mol. The highest BCUT2D eigenvalue weighted by molar-refractivity contribution is 6.36. The molecule has 0 bridgehead atoms. The number of hydrogen-bond donors (Lipinski definition) is 1. The second-order valence-corrected chi connectivity index (χ2v) is 10.2. The molecule has 6 nitrogen and oxygen atoms in total. The lowest BCUT2D eigenvalue weighted by atomic mass is 9.75. The van der Waals surface area contributed by atoms with E-state index in [1.165, 1.54) is 0 Å². The summed E-state index contributed by atoms with van der Waals surface area (Å²) in [4.78, 5) is 44.2. The predicted octanol–water partition coefficient (Wildman–Crippen LogP) is 4.41. The lowest BCUT2D eigenvalue weighted by molar-refractivity contribution is -0.137. The molecular formula is C25H21ClF3N3O3. The van der Waals surface area contributed by atoms with E-state index in [4.69, 9.17) is 11.6 Å². The molecule has 1 N–H and O–H groups in total. The number of carbonyl (C=O) groups excluding carboxylic acids is 3. The van der Waals surface area contributed by atoms with Crippen LogP contribution in [0.15, 0.2) is 30.3 Å². The van der Waals surface area contributed by atoms with Crippen LogP contribution in [-0.2, 0) is 26.1 Å². The molecule has 0 aromatic heterocycles. The maximum Gasteiger partial charge on any atom is 0.416 e. The molecule has 0 saturated carbocycles. The van der Waals surface area contributed by atoms with Gasteiger partial charge in [-0.05, 0) is 57.0 Å². The van der Waals surface area contributed by atoms with Crippen LogP contribution in [0.2, 0.25) is 5.02 Å². The summed E-state index contributed by atoms with van der Waals surface area (Å²) in [5.41, 5.74) is 0.324. The lowest BCUT2D eigenvalue weighted by Crippen LogP contribution is -2.54. The fourth-order valence-corrected chi connectivity index (χ4v) is 6.96. The molecule has 4 heterocycles. The maximum atomic E-state index is 14.0.